The highest BCUT2D eigenvalue weighted by molar-refractivity contribution is 5.67. The van der Waals surface area contributed by atoms with E-state index in [9.17, 15) is 8.78 Å². The van der Waals surface area contributed by atoms with E-state index in [0.29, 0.717) is 29.4 Å². The van der Waals surface area contributed by atoms with Crippen molar-refractivity contribution in [1.82, 2.24) is 0 Å². The highest BCUT2D eigenvalue weighted by atomic mass is 19.2. The molecule has 2 aliphatic carbocycles. The standard InChI is InChI=1S/C28H36F2/c1-3-5-8-22-11-13-23(14-12-22)9-6-7-10-25-19-20-26(28(30)27(25)29)24-17-15-21(4-2)16-18-24/h3,6,9,11,17,19-21,23H,1,4-5,7-8,10,12-16,18H2,2H3/b9-6+. The molecule has 0 spiro atoms. The van der Waals surface area contributed by atoms with Gasteiger partial charge in [-0.2, -0.15) is 0 Å². The van der Waals surface area contributed by atoms with Gasteiger partial charge in [-0.25, -0.2) is 8.78 Å². The van der Waals surface area contributed by atoms with E-state index in [1.54, 1.807) is 17.7 Å². The Labute approximate surface area is 181 Å². The summed E-state index contributed by atoms with van der Waals surface area (Å²) in [5.74, 6) is -0.0632. The van der Waals surface area contributed by atoms with Gasteiger partial charge in [0.05, 0.1) is 0 Å². The molecular weight excluding hydrogens is 374 g/mol. The Morgan fingerprint density at radius 3 is 2.53 bits per heavy atom. The lowest BCUT2D eigenvalue weighted by Gasteiger charge is -2.21. The first-order chi connectivity index (χ1) is 14.6. The molecule has 0 saturated carbocycles. The molecule has 1 aromatic rings. The molecule has 0 heterocycles. The molecule has 162 valence electrons. The molecule has 0 aliphatic heterocycles. The number of rotatable bonds is 9. The van der Waals surface area contributed by atoms with Gasteiger partial charge in [-0.05, 0) is 87.2 Å². The summed E-state index contributed by atoms with van der Waals surface area (Å²) in [5.41, 5.74) is 3.47. The second kappa shape index (κ2) is 11.4. The van der Waals surface area contributed by atoms with E-state index in [1.807, 2.05) is 6.08 Å². The van der Waals surface area contributed by atoms with Gasteiger partial charge in [-0.3, -0.25) is 0 Å². The third-order valence-electron chi connectivity index (χ3n) is 6.81. The lowest BCUT2D eigenvalue weighted by Crippen LogP contribution is -2.06. The van der Waals surface area contributed by atoms with Crippen molar-refractivity contribution < 1.29 is 8.78 Å². The summed E-state index contributed by atoms with van der Waals surface area (Å²) in [6, 6.07) is 3.57. The molecule has 0 fully saturated rings. The number of hydrogen-bond acceptors (Lipinski definition) is 0. The smallest absolute Gasteiger partial charge is 0.166 e. The molecular formula is C28H36F2. The SMILES string of the molecule is C=CCCC1=CCC(/C=C/CCc2ccc(C3=CCC(CC)CC3)c(F)c2F)CC1. The third kappa shape index (κ3) is 6.03. The number of allylic oxidation sites excluding steroid dienone is 7. The summed E-state index contributed by atoms with van der Waals surface area (Å²) < 4.78 is 29.4. The highest BCUT2D eigenvalue weighted by Crippen LogP contribution is 2.34. The molecule has 0 radical (unpaired) electrons. The first-order valence-electron chi connectivity index (χ1n) is 11.7. The predicted octanol–water partition coefficient (Wildman–Crippen LogP) is 8.74. The Balaban J connectivity index is 1.52. The van der Waals surface area contributed by atoms with Gasteiger partial charge in [-0.1, -0.05) is 61.4 Å². The Morgan fingerprint density at radius 2 is 1.87 bits per heavy atom. The molecule has 0 bridgehead atoms. The zero-order chi connectivity index (χ0) is 21.3. The number of aryl methyl sites for hydroxylation is 1. The molecule has 2 aliphatic rings. The second-order valence-electron chi connectivity index (χ2n) is 8.87. The van der Waals surface area contributed by atoms with Crippen LogP contribution in [0.15, 0.2) is 54.7 Å². The number of hydrogen-bond donors (Lipinski definition) is 0. The molecule has 0 aromatic heterocycles. The van der Waals surface area contributed by atoms with Gasteiger partial charge in [-0.15, -0.1) is 6.58 Å². The van der Waals surface area contributed by atoms with Crippen LogP contribution in [0, 0.1) is 23.5 Å². The van der Waals surface area contributed by atoms with Crippen molar-refractivity contribution in [1.29, 1.82) is 0 Å². The Bertz CT molecular complexity index is 812. The van der Waals surface area contributed by atoms with Crippen molar-refractivity contribution in [2.75, 3.05) is 0 Å². The van der Waals surface area contributed by atoms with E-state index in [1.165, 1.54) is 12.8 Å². The first kappa shape index (κ1) is 22.7. The van der Waals surface area contributed by atoms with Crippen molar-refractivity contribution >= 4 is 5.57 Å². The molecule has 0 saturated heterocycles. The Morgan fingerprint density at radius 1 is 1.00 bits per heavy atom. The zero-order valence-corrected chi connectivity index (χ0v) is 18.4. The molecule has 3 rings (SSSR count). The maximum atomic E-state index is 14.7. The van der Waals surface area contributed by atoms with Crippen LogP contribution >= 0.6 is 0 Å². The molecule has 0 nitrogen and oxygen atoms in total. The summed E-state index contributed by atoms with van der Waals surface area (Å²) in [4.78, 5) is 0. The third-order valence-corrected chi connectivity index (χ3v) is 6.81. The zero-order valence-electron chi connectivity index (χ0n) is 18.4. The predicted molar refractivity (Wildman–Crippen MR) is 124 cm³/mol. The fraction of sp³-hybridized carbons (Fsp3) is 0.500. The average Bonchev–Trinajstić information content (AvgIpc) is 2.79. The molecule has 30 heavy (non-hydrogen) atoms. The molecule has 0 amide bonds. The lowest BCUT2D eigenvalue weighted by molar-refractivity contribution is 0.466. The van der Waals surface area contributed by atoms with Crippen molar-refractivity contribution in [3.05, 3.63) is 77.4 Å². The Hall–Kier alpha value is -1.96. The summed E-state index contributed by atoms with van der Waals surface area (Å²) >= 11 is 0. The first-order valence-corrected chi connectivity index (χ1v) is 11.7. The van der Waals surface area contributed by atoms with Crippen molar-refractivity contribution in [3.63, 3.8) is 0 Å². The summed E-state index contributed by atoms with van der Waals surface area (Å²) in [7, 11) is 0. The topological polar surface area (TPSA) is 0 Å². The van der Waals surface area contributed by atoms with E-state index >= 15 is 0 Å². The van der Waals surface area contributed by atoms with Gasteiger partial charge in [0, 0.05) is 5.56 Å². The van der Waals surface area contributed by atoms with E-state index < -0.39 is 11.6 Å². The number of benzene rings is 1. The maximum Gasteiger partial charge on any atom is 0.166 e. The van der Waals surface area contributed by atoms with Gasteiger partial charge >= 0.3 is 0 Å². The van der Waals surface area contributed by atoms with Crippen LogP contribution in [0.5, 0.6) is 0 Å². The normalized spacial score (nSPS) is 22.1. The second-order valence-corrected chi connectivity index (χ2v) is 8.87. The van der Waals surface area contributed by atoms with Gasteiger partial charge in [0.2, 0.25) is 0 Å². The van der Waals surface area contributed by atoms with Crippen molar-refractivity contribution in [2.45, 2.75) is 77.6 Å². The van der Waals surface area contributed by atoms with E-state index in [0.717, 1.165) is 56.9 Å². The van der Waals surface area contributed by atoms with Crippen LogP contribution in [0.3, 0.4) is 0 Å². The van der Waals surface area contributed by atoms with Crippen molar-refractivity contribution in [2.24, 2.45) is 11.8 Å². The summed E-state index contributed by atoms with van der Waals surface area (Å²) in [5, 5.41) is 0. The van der Waals surface area contributed by atoms with Crippen LogP contribution < -0.4 is 0 Å². The summed E-state index contributed by atoms with van der Waals surface area (Å²) in [6.45, 7) is 5.98. The van der Waals surface area contributed by atoms with Gasteiger partial charge < -0.3 is 0 Å². The molecule has 2 heteroatoms. The van der Waals surface area contributed by atoms with Crippen LogP contribution in [-0.4, -0.2) is 0 Å². The minimum Gasteiger partial charge on any atom is -0.203 e. The van der Waals surface area contributed by atoms with Crippen LogP contribution in [0.1, 0.15) is 82.3 Å². The van der Waals surface area contributed by atoms with Gasteiger partial charge in [0.15, 0.2) is 11.6 Å². The highest BCUT2D eigenvalue weighted by Gasteiger charge is 2.19. The molecule has 2 unspecified atom stereocenters. The largest absolute Gasteiger partial charge is 0.203 e. The van der Waals surface area contributed by atoms with Gasteiger partial charge in [0.1, 0.15) is 0 Å². The lowest BCUT2D eigenvalue weighted by atomic mass is 9.85. The van der Waals surface area contributed by atoms with Crippen LogP contribution in [0.25, 0.3) is 5.57 Å². The van der Waals surface area contributed by atoms with E-state index in [4.69, 9.17) is 0 Å². The van der Waals surface area contributed by atoms with Crippen LogP contribution in [0.4, 0.5) is 8.78 Å². The monoisotopic (exact) mass is 410 g/mol. The van der Waals surface area contributed by atoms with E-state index in [2.05, 4.69) is 37.8 Å². The fourth-order valence-electron chi connectivity index (χ4n) is 4.66. The average molecular weight is 411 g/mol. The van der Waals surface area contributed by atoms with E-state index in [-0.39, 0.29) is 0 Å². The van der Waals surface area contributed by atoms with Crippen molar-refractivity contribution in [3.8, 4) is 0 Å². The quantitative estimate of drug-likeness (QED) is 0.357. The minimum atomic E-state index is -0.665. The molecule has 1 aromatic carbocycles. The van der Waals surface area contributed by atoms with Gasteiger partial charge in [0.25, 0.3) is 0 Å². The Kier molecular flexibility index (Phi) is 8.66. The van der Waals surface area contributed by atoms with Crippen LogP contribution in [0.2, 0.25) is 0 Å². The maximum absolute atomic E-state index is 14.7. The number of halogens is 2. The summed E-state index contributed by atoms with van der Waals surface area (Å²) in [6.07, 6.45) is 21.9. The van der Waals surface area contributed by atoms with Crippen LogP contribution in [-0.2, 0) is 6.42 Å². The minimum absolute atomic E-state index is 0.461. The molecule has 0 N–H and O–H groups in total. The molecule has 2 atom stereocenters. The fourth-order valence-corrected chi connectivity index (χ4v) is 4.66.